The standard InChI is InChI=1S/C15H14F3N5O2/c1-7(8-2-4-9(5-3-8)15(16,17)18)23-12-11(10(6-24)22-23)13(25)21-14(19)20-12/h2-5,7,24H,6H2,1H3,(H3,19,20,21,25). The zero-order valence-corrected chi connectivity index (χ0v) is 13.0. The molecule has 2 aromatic heterocycles. The van der Waals surface area contributed by atoms with Gasteiger partial charge in [0.1, 0.15) is 11.1 Å². The SMILES string of the molecule is CC(c1ccc(C(F)(F)F)cc1)n1nc(CO)c2c(=O)[nH]c(N)nc21. The zero-order valence-electron chi connectivity index (χ0n) is 13.0. The zero-order chi connectivity index (χ0) is 18.4. The molecule has 0 bridgehead atoms. The number of alkyl halides is 3. The van der Waals surface area contributed by atoms with Crippen LogP contribution in [0.3, 0.4) is 0 Å². The number of halogens is 3. The number of nitrogens with zero attached hydrogens (tertiary/aromatic N) is 3. The van der Waals surface area contributed by atoms with Crippen molar-refractivity contribution in [2.45, 2.75) is 25.7 Å². The highest BCUT2D eigenvalue weighted by Crippen LogP contribution is 2.31. The Morgan fingerprint density at radius 1 is 1.32 bits per heavy atom. The normalized spacial score (nSPS) is 13.3. The highest BCUT2D eigenvalue weighted by molar-refractivity contribution is 5.78. The fraction of sp³-hybridized carbons (Fsp3) is 0.267. The third-order valence-corrected chi connectivity index (χ3v) is 3.89. The van der Waals surface area contributed by atoms with Gasteiger partial charge in [-0.3, -0.25) is 9.78 Å². The van der Waals surface area contributed by atoms with Crippen LogP contribution in [0.5, 0.6) is 0 Å². The molecule has 0 spiro atoms. The van der Waals surface area contributed by atoms with Crippen LogP contribution in [0.25, 0.3) is 11.0 Å². The summed E-state index contributed by atoms with van der Waals surface area (Å²) in [5.41, 5.74) is 5.05. The molecule has 2 heterocycles. The van der Waals surface area contributed by atoms with Crippen molar-refractivity contribution < 1.29 is 18.3 Å². The monoisotopic (exact) mass is 353 g/mol. The van der Waals surface area contributed by atoms with E-state index in [2.05, 4.69) is 15.1 Å². The Bertz CT molecular complexity index is 976. The lowest BCUT2D eigenvalue weighted by Crippen LogP contribution is -2.14. The number of H-pyrrole nitrogens is 1. The fourth-order valence-corrected chi connectivity index (χ4v) is 2.60. The second kappa shape index (κ2) is 5.88. The van der Waals surface area contributed by atoms with Crippen LogP contribution in [0.1, 0.15) is 29.8 Å². The van der Waals surface area contributed by atoms with E-state index in [1.807, 2.05) is 0 Å². The van der Waals surface area contributed by atoms with Gasteiger partial charge in [0.25, 0.3) is 5.56 Å². The number of hydrogen-bond acceptors (Lipinski definition) is 5. The molecule has 0 saturated carbocycles. The van der Waals surface area contributed by atoms with Crippen LogP contribution >= 0.6 is 0 Å². The van der Waals surface area contributed by atoms with Crippen molar-refractivity contribution >= 4 is 17.0 Å². The number of aliphatic hydroxyl groups is 1. The van der Waals surface area contributed by atoms with E-state index < -0.39 is 29.9 Å². The molecule has 4 N–H and O–H groups in total. The quantitative estimate of drug-likeness (QED) is 0.665. The first-order valence-electron chi connectivity index (χ1n) is 7.27. The smallest absolute Gasteiger partial charge is 0.390 e. The number of hydrogen-bond donors (Lipinski definition) is 3. The number of nitrogens with two attached hydrogens (primary N) is 1. The lowest BCUT2D eigenvalue weighted by molar-refractivity contribution is -0.137. The first-order chi connectivity index (χ1) is 11.7. The average Bonchev–Trinajstić information content (AvgIpc) is 2.92. The van der Waals surface area contributed by atoms with Gasteiger partial charge < -0.3 is 10.8 Å². The molecule has 0 amide bonds. The number of anilines is 1. The summed E-state index contributed by atoms with van der Waals surface area (Å²) >= 11 is 0. The highest BCUT2D eigenvalue weighted by atomic mass is 19.4. The van der Waals surface area contributed by atoms with Gasteiger partial charge >= 0.3 is 6.18 Å². The topological polar surface area (TPSA) is 110 Å². The Labute approximate surface area is 138 Å². The molecule has 0 aliphatic heterocycles. The van der Waals surface area contributed by atoms with E-state index >= 15 is 0 Å². The molecule has 25 heavy (non-hydrogen) atoms. The van der Waals surface area contributed by atoms with Crippen LogP contribution in [0, 0.1) is 0 Å². The molecule has 0 radical (unpaired) electrons. The largest absolute Gasteiger partial charge is 0.416 e. The number of benzene rings is 1. The Morgan fingerprint density at radius 3 is 2.52 bits per heavy atom. The molecule has 1 aromatic carbocycles. The number of nitrogens with one attached hydrogen (secondary N) is 1. The number of fused-ring (bicyclic) bond motifs is 1. The van der Waals surface area contributed by atoms with Gasteiger partial charge in [-0.15, -0.1) is 0 Å². The maximum absolute atomic E-state index is 12.7. The molecule has 7 nitrogen and oxygen atoms in total. The summed E-state index contributed by atoms with van der Waals surface area (Å²) in [5, 5.41) is 13.7. The number of aliphatic hydroxyl groups excluding tert-OH is 1. The second-order valence-corrected chi connectivity index (χ2v) is 5.49. The average molecular weight is 353 g/mol. The van der Waals surface area contributed by atoms with Crippen LogP contribution in [0.2, 0.25) is 0 Å². The van der Waals surface area contributed by atoms with Crippen molar-refractivity contribution in [1.29, 1.82) is 0 Å². The van der Waals surface area contributed by atoms with Gasteiger partial charge in [-0.05, 0) is 24.6 Å². The van der Waals surface area contributed by atoms with E-state index in [1.165, 1.54) is 16.8 Å². The molecular weight excluding hydrogens is 339 g/mol. The van der Waals surface area contributed by atoms with Gasteiger partial charge in [-0.1, -0.05) is 12.1 Å². The van der Waals surface area contributed by atoms with Crippen LogP contribution in [0.15, 0.2) is 29.1 Å². The van der Waals surface area contributed by atoms with Gasteiger partial charge in [-0.25, -0.2) is 4.68 Å². The third kappa shape index (κ3) is 2.95. The van der Waals surface area contributed by atoms with E-state index in [9.17, 15) is 23.1 Å². The van der Waals surface area contributed by atoms with Crippen LogP contribution in [-0.4, -0.2) is 24.9 Å². The lowest BCUT2D eigenvalue weighted by Gasteiger charge is -2.15. The molecule has 10 heteroatoms. The maximum atomic E-state index is 12.7. The van der Waals surface area contributed by atoms with Gasteiger partial charge in [0.05, 0.1) is 18.2 Å². The van der Waals surface area contributed by atoms with Gasteiger partial charge in [-0.2, -0.15) is 23.3 Å². The first kappa shape index (κ1) is 17.0. The second-order valence-electron chi connectivity index (χ2n) is 5.49. The minimum absolute atomic E-state index is 0.0930. The number of nitrogen functional groups attached to an aromatic ring is 1. The van der Waals surface area contributed by atoms with E-state index in [1.54, 1.807) is 6.92 Å². The van der Waals surface area contributed by atoms with Crippen molar-refractivity contribution in [3.8, 4) is 0 Å². The minimum atomic E-state index is -4.42. The van der Waals surface area contributed by atoms with Crippen molar-refractivity contribution in [3.05, 3.63) is 51.4 Å². The van der Waals surface area contributed by atoms with Crippen molar-refractivity contribution in [3.63, 3.8) is 0 Å². The Kier molecular flexibility index (Phi) is 3.99. The molecule has 0 saturated heterocycles. The molecule has 1 unspecified atom stereocenters. The van der Waals surface area contributed by atoms with Gasteiger partial charge in [0.2, 0.25) is 5.95 Å². The lowest BCUT2D eigenvalue weighted by atomic mass is 10.1. The Hall–Kier alpha value is -2.88. The number of rotatable bonds is 3. The maximum Gasteiger partial charge on any atom is 0.416 e. The summed E-state index contributed by atoms with van der Waals surface area (Å²) in [4.78, 5) is 18.4. The van der Waals surface area contributed by atoms with E-state index in [4.69, 9.17) is 5.73 Å². The molecule has 3 rings (SSSR count). The van der Waals surface area contributed by atoms with Crippen LogP contribution in [-0.2, 0) is 12.8 Å². The van der Waals surface area contributed by atoms with E-state index in [0.29, 0.717) is 5.56 Å². The fourth-order valence-electron chi connectivity index (χ4n) is 2.60. The molecular formula is C15H14F3N5O2. The molecule has 3 aromatic rings. The highest BCUT2D eigenvalue weighted by Gasteiger charge is 2.30. The Balaban J connectivity index is 2.11. The number of aromatic amines is 1. The van der Waals surface area contributed by atoms with E-state index in [0.717, 1.165) is 12.1 Å². The third-order valence-electron chi connectivity index (χ3n) is 3.89. The van der Waals surface area contributed by atoms with Crippen LogP contribution in [0.4, 0.5) is 19.1 Å². The minimum Gasteiger partial charge on any atom is -0.390 e. The molecule has 0 fully saturated rings. The van der Waals surface area contributed by atoms with Crippen molar-refractivity contribution in [2.75, 3.05) is 5.73 Å². The molecule has 132 valence electrons. The summed E-state index contributed by atoms with van der Waals surface area (Å²) in [7, 11) is 0. The molecule has 1 atom stereocenters. The summed E-state index contributed by atoms with van der Waals surface area (Å²) in [6.07, 6.45) is -4.42. The summed E-state index contributed by atoms with van der Waals surface area (Å²) < 4.78 is 39.4. The molecule has 0 aliphatic rings. The van der Waals surface area contributed by atoms with Crippen molar-refractivity contribution in [1.82, 2.24) is 19.7 Å². The predicted molar refractivity (Wildman–Crippen MR) is 83.7 cm³/mol. The van der Waals surface area contributed by atoms with Gasteiger partial charge in [0, 0.05) is 0 Å². The first-order valence-corrected chi connectivity index (χ1v) is 7.27. The van der Waals surface area contributed by atoms with E-state index in [-0.39, 0.29) is 22.7 Å². The predicted octanol–water partition coefficient (Wildman–Crippen LogP) is 1.82. The Morgan fingerprint density at radius 2 is 1.96 bits per heavy atom. The summed E-state index contributed by atoms with van der Waals surface area (Å²) in [6.45, 7) is 1.20. The number of aromatic nitrogens is 4. The summed E-state index contributed by atoms with van der Waals surface area (Å²) in [5.74, 6) is -0.122. The van der Waals surface area contributed by atoms with Crippen molar-refractivity contribution in [2.24, 2.45) is 0 Å². The van der Waals surface area contributed by atoms with Gasteiger partial charge in [0.15, 0.2) is 5.65 Å². The molecule has 0 aliphatic carbocycles. The summed E-state index contributed by atoms with van der Waals surface area (Å²) in [6, 6.07) is 4.07. The van der Waals surface area contributed by atoms with Crippen LogP contribution < -0.4 is 11.3 Å².